The minimum atomic E-state index is -0.806. The molecule has 1 aromatic rings. The van der Waals surface area contributed by atoms with Crippen LogP contribution in [-0.2, 0) is 10.8 Å². The Labute approximate surface area is 110 Å². The molecule has 0 aliphatic heterocycles. The van der Waals surface area contributed by atoms with E-state index in [4.69, 9.17) is 5.73 Å². The Morgan fingerprint density at radius 2 is 2.17 bits per heavy atom. The maximum atomic E-state index is 11.5. The predicted octanol–water partition coefficient (Wildman–Crippen LogP) is 0.809. The average Bonchev–Trinajstić information content (AvgIpc) is 2.39. The van der Waals surface area contributed by atoms with Crippen LogP contribution in [-0.4, -0.2) is 35.2 Å². The highest BCUT2D eigenvalue weighted by molar-refractivity contribution is 7.84. The number of nitrogen functional groups attached to an aromatic ring is 1. The first-order valence-corrected chi connectivity index (χ1v) is 7.27. The van der Waals surface area contributed by atoms with E-state index in [1.165, 1.54) is 0 Å². The zero-order valence-corrected chi connectivity index (χ0v) is 11.5. The van der Waals surface area contributed by atoms with Crippen LogP contribution in [0.5, 0.6) is 0 Å². The van der Waals surface area contributed by atoms with Crippen molar-refractivity contribution in [3.8, 4) is 0 Å². The standard InChI is InChI=1S/C12H19N3O2S/c1-3-18(17)7-6-15-11-8-9(12(16)14-2)4-5-10(11)13/h4-5,8,15H,3,6-7,13H2,1-2H3,(H,14,16). The van der Waals surface area contributed by atoms with Gasteiger partial charge in [-0.2, -0.15) is 0 Å². The fourth-order valence-electron chi connectivity index (χ4n) is 1.44. The summed E-state index contributed by atoms with van der Waals surface area (Å²) < 4.78 is 11.3. The largest absolute Gasteiger partial charge is 0.397 e. The molecule has 4 N–H and O–H groups in total. The van der Waals surface area contributed by atoms with Crippen LogP contribution in [0.3, 0.4) is 0 Å². The van der Waals surface area contributed by atoms with Crippen LogP contribution < -0.4 is 16.4 Å². The van der Waals surface area contributed by atoms with Gasteiger partial charge >= 0.3 is 0 Å². The van der Waals surface area contributed by atoms with Gasteiger partial charge in [-0.3, -0.25) is 9.00 Å². The molecule has 0 heterocycles. The van der Waals surface area contributed by atoms with Crippen LogP contribution >= 0.6 is 0 Å². The number of nitrogens with one attached hydrogen (secondary N) is 2. The van der Waals surface area contributed by atoms with Crippen molar-refractivity contribution >= 4 is 28.1 Å². The number of nitrogens with two attached hydrogens (primary N) is 1. The van der Waals surface area contributed by atoms with Gasteiger partial charge in [-0.25, -0.2) is 0 Å². The lowest BCUT2D eigenvalue weighted by molar-refractivity contribution is 0.0963. The van der Waals surface area contributed by atoms with E-state index in [-0.39, 0.29) is 5.91 Å². The molecule has 0 aliphatic carbocycles. The lowest BCUT2D eigenvalue weighted by Crippen LogP contribution is -2.18. The molecular weight excluding hydrogens is 250 g/mol. The Bertz CT molecular complexity index is 449. The zero-order valence-electron chi connectivity index (χ0n) is 10.7. The van der Waals surface area contributed by atoms with Gasteiger partial charge in [-0.05, 0) is 18.2 Å². The number of carbonyl (C=O) groups is 1. The molecule has 5 nitrogen and oxygen atoms in total. The van der Waals surface area contributed by atoms with E-state index in [1.54, 1.807) is 25.2 Å². The van der Waals surface area contributed by atoms with Gasteiger partial charge in [0, 0.05) is 41.5 Å². The Kier molecular flexibility index (Phi) is 5.64. The number of hydrogen-bond acceptors (Lipinski definition) is 4. The monoisotopic (exact) mass is 269 g/mol. The minimum absolute atomic E-state index is 0.157. The molecule has 0 bridgehead atoms. The van der Waals surface area contributed by atoms with Gasteiger partial charge in [0.1, 0.15) is 0 Å². The summed E-state index contributed by atoms with van der Waals surface area (Å²) in [7, 11) is 0.774. The molecule has 1 rings (SSSR count). The third-order valence-electron chi connectivity index (χ3n) is 2.51. The molecule has 1 atom stereocenters. The Morgan fingerprint density at radius 1 is 1.44 bits per heavy atom. The molecular formula is C12H19N3O2S. The van der Waals surface area contributed by atoms with E-state index in [1.807, 2.05) is 6.92 Å². The third kappa shape index (κ3) is 4.03. The third-order valence-corrected chi connectivity index (χ3v) is 3.81. The van der Waals surface area contributed by atoms with Crippen LogP contribution in [0.25, 0.3) is 0 Å². The predicted molar refractivity (Wildman–Crippen MR) is 76.3 cm³/mol. The van der Waals surface area contributed by atoms with Crippen molar-refractivity contribution in [1.29, 1.82) is 0 Å². The van der Waals surface area contributed by atoms with Crippen molar-refractivity contribution in [3.05, 3.63) is 23.8 Å². The van der Waals surface area contributed by atoms with Gasteiger partial charge < -0.3 is 16.4 Å². The Balaban J connectivity index is 2.69. The van der Waals surface area contributed by atoms with E-state index in [0.717, 1.165) is 0 Å². The summed E-state index contributed by atoms with van der Waals surface area (Å²) in [4.78, 5) is 11.5. The second-order valence-electron chi connectivity index (χ2n) is 3.74. The molecule has 0 spiro atoms. The van der Waals surface area contributed by atoms with Crippen molar-refractivity contribution in [2.75, 3.05) is 36.1 Å². The van der Waals surface area contributed by atoms with Crippen LogP contribution in [0.1, 0.15) is 17.3 Å². The molecule has 18 heavy (non-hydrogen) atoms. The van der Waals surface area contributed by atoms with Gasteiger partial charge in [-0.1, -0.05) is 6.92 Å². The number of amides is 1. The molecule has 6 heteroatoms. The van der Waals surface area contributed by atoms with E-state index >= 15 is 0 Å². The van der Waals surface area contributed by atoms with Crippen LogP contribution in [0.4, 0.5) is 11.4 Å². The quantitative estimate of drug-likeness (QED) is 0.667. The summed E-state index contributed by atoms with van der Waals surface area (Å²) in [5, 5.41) is 5.65. The fraction of sp³-hybridized carbons (Fsp3) is 0.417. The molecule has 100 valence electrons. The molecule has 0 saturated heterocycles. The van der Waals surface area contributed by atoms with Crippen molar-refractivity contribution in [2.45, 2.75) is 6.92 Å². The highest BCUT2D eigenvalue weighted by Gasteiger charge is 2.06. The molecule has 0 radical (unpaired) electrons. The molecule has 1 amide bonds. The van der Waals surface area contributed by atoms with Crippen molar-refractivity contribution < 1.29 is 9.00 Å². The van der Waals surface area contributed by atoms with Crippen LogP contribution in [0.2, 0.25) is 0 Å². The van der Waals surface area contributed by atoms with Crippen molar-refractivity contribution in [3.63, 3.8) is 0 Å². The van der Waals surface area contributed by atoms with Crippen molar-refractivity contribution in [2.24, 2.45) is 0 Å². The van der Waals surface area contributed by atoms with Gasteiger partial charge in [0.05, 0.1) is 11.4 Å². The first-order valence-electron chi connectivity index (χ1n) is 5.79. The van der Waals surface area contributed by atoms with E-state index in [0.29, 0.717) is 35.0 Å². The number of benzene rings is 1. The van der Waals surface area contributed by atoms with Crippen LogP contribution in [0, 0.1) is 0 Å². The second kappa shape index (κ2) is 7.00. The van der Waals surface area contributed by atoms with E-state index in [9.17, 15) is 9.00 Å². The summed E-state index contributed by atoms with van der Waals surface area (Å²) in [6, 6.07) is 5.05. The van der Waals surface area contributed by atoms with E-state index in [2.05, 4.69) is 10.6 Å². The highest BCUT2D eigenvalue weighted by Crippen LogP contribution is 2.19. The van der Waals surface area contributed by atoms with Gasteiger partial charge in [0.2, 0.25) is 0 Å². The molecule has 0 aromatic heterocycles. The lowest BCUT2D eigenvalue weighted by atomic mass is 10.1. The number of hydrogen-bond donors (Lipinski definition) is 3. The molecule has 1 aromatic carbocycles. The fourth-order valence-corrected chi connectivity index (χ4v) is 2.06. The molecule has 0 aliphatic rings. The maximum absolute atomic E-state index is 11.5. The minimum Gasteiger partial charge on any atom is -0.397 e. The number of anilines is 2. The maximum Gasteiger partial charge on any atom is 0.251 e. The topological polar surface area (TPSA) is 84.2 Å². The lowest BCUT2D eigenvalue weighted by Gasteiger charge is -2.10. The van der Waals surface area contributed by atoms with E-state index < -0.39 is 10.8 Å². The average molecular weight is 269 g/mol. The van der Waals surface area contributed by atoms with Gasteiger partial charge in [0.25, 0.3) is 5.91 Å². The molecule has 0 fully saturated rings. The first-order chi connectivity index (χ1) is 8.58. The van der Waals surface area contributed by atoms with Gasteiger partial charge in [-0.15, -0.1) is 0 Å². The summed E-state index contributed by atoms with van der Waals surface area (Å²) in [6.07, 6.45) is 0. The van der Waals surface area contributed by atoms with Gasteiger partial charge in [0.15, 0.2) is 0 Å². The second-order valence-corrected chi connectivity index (χ2v) is 5.61. The highest BCUT2D eigenvalue weighted by atomic mass is 32.2. The van der Waals surface area contributed by atoms with Crippen LogP contribution in [0.15, 0.2) is 18.2 Å². The number of carbonyl (C=O) groups excluding carboxylic acids is 1. The Hall–Kier alpha value is -1.56. The summed E-state index contributed by atoms with van der Waals surface area (Å²) >= 11 is 0. The number of rotatable bonds is 6. The summed E-state index contributed by atoms with van der Waals surface area (Å²) in [6.45, 7) is 2.46. The SMILES string of the molecule is CCS(=O)CCNc1cc(C(=O)NC)ccc1N. The summed E-state index contributed by atoms with van der Waals surface area (Å²) in [5.74, 6) is 1.06. The smallest absolute Gasteiger partial charge is 0.251 e. The molecule has 0 saturated carbocycles. The molecule has 1 unspecified atom stereocenters. The zero-order chi connectivity index (χ0) is 13.5. The first kappa shape index (κ1) is 14.5. The Morgan fingerprint density at radius 3 is 2.78 bits per heavy atom. The summed E-state index contributed by atoms with van der Waals surface area (Å²) in [5.41, 5.74) is 7.63. The normalized spacial score (nSPS) is 11.9. The van der Waals surface area contributed by atoms with Crippen molar-refractivity contribution in [1.82, 2.24) is 5.32 Å².